The third-order valence-corrected chi connectivity index (χ3v) is 4.68. The van der Waals surface area contributed by atoms with Crippen LogP contribution in [0.4, 0.5) is 5.69 Å². The van der Waals surface area contributed by atoms with Crippen molar-refractivity contribution >= 4 is 23.0 Å². The van der Waals surface area contributed by atoms with Crippen LogP contribution in [0.15, 0.2) is 53.2 Å². The minimum atomic E-state index is -0.820. The van der Waals surface area contributed by atoms with Crippen molar-refractivity contribution in [3.8, 4) is 0 Å². The second-order valence-electron chi connectivity index (χ2n) is 6.58. The maximum Gasteiger partial charge on any atom is 0.317 e. The first-order valence-electron chi connectivity index (χ1n) is 8.73. The van der Waals surface area contributed by atoms with Gasteiger partial charge in [0.15, 0.2) is 5.78 Å². The van der Waals surface area contributed by atoms with E-state index in [2.05, 4.69) is 0 Å². The summed E-state index contributed by atoms with van der Waals surface area (Å²) in [5.74, 6) is -1.13. The number of benzene rings is 1. The second-order valence-corrected chi connectivity index (χ2v) is 6.58. The Morgan fingerprint density at radius 3 is 2.54 bits per heavy atom. The largest absolute Gasteiger partial charge is 0.465 e. The SMILES string of the molecule is CCOC(=O)[C@@H]1C(=O)C=C(c2ccco2)C[C@H]1c1ccc(N(C)C)cc1. The van der Waals surface area contributed by atoms with Crippen LogP contribution in [-0.2, 0) is 14.3 Å². The van der Waals surface area contributed by atoms with Gasteiger partial charge >= 0.3 is 5.97 Å². The first kappa shape index (κ1) is 18.0. The Labute approximate surface area is 153 Å². The van der Waals surface area contributed by atoms with E-state index >= 15 is 0 Å². The molecule has 136 valence electrons. The predicted molar refractivity (Wildman–Crippen MR) is 99.9 cm³/mol. The van der Waals surface area contributed by atoms with Gasteiger partial charge in [-0.05, 0) is 54.8 Å². The van der Waals surface area contributed by atoms with Crippen LogP contribution in [0, 0.1) is 5.92 Å². The fourth-order valence-corrected chi connectivity index (χ4v) is 3.35. The zero-order valence-corrected chi connectivity index (χ0v) is 15.3. The molecule has 0 spiro atoms. The van der Waals surface area contributed by atoms with Crippen molar-refractivity contribution in [2.24, 2.45) is 5.92 Å². The molecule has 0 unspecified atom stereocenters. The molecule has 1 heterocycles. The van der Waals surface area contributed by atoms with Crippen LogP contribution in [0.5, 0.6) is 0 Å². The molecular formula is C21H23NO4. The van der Waals surface area contributed by atoms with E-state index in [1.807, 2.05) is 49.3 Å². The average Bonchev–Trinajstić information content (AvgIpc) is 3.16. The van der Waals surface area contributed by atoms with Crippen molar-refractivity contribution in [1.82, 2.24) is 0 Å². The molecule has 0 aliphatic heterocycles. The summed E-state index contributed by atoms with van der Waals surface area (Å²) in [6.07, 6.45) is 3.65. The van der Waals surface area contributed by atoms with E-state index in [1.54, 1.807) is 19.3 Å². The van der Waals surface area contributed by atoms with Crippen molar-refractivity contribution in [3.05, 3.63) is 60.1 Å². The van der Waals surface area contributed by atoms with E-state index in [0.29, 0.717) is 12.2 Å². The van der Waals surface area contributed by atoms with Crippen molar-refractivity contribution in [1.29, 1.82) is 0 Å². The normalized spacial score (nSPS) is 19.8. The lowest BCUT2D eigenvalue weighted by atomic mass is 9.74. The summed E-state index contributed by atoms with van der Waals surface area (Å²) in [6, 6.07) is 11.6. The molecule has 5 heteroatoms. The first-order chi connectivity index (χ1) is 12.5. The number of furan rings is 1. The van der Waals surface area contributed by atoms with E-state index in [0.717, 1.165) is 16.8 Å². The maximum atomic E-state index is 12.7. The fraction of sp³-hybridized carbons (Fsp3) is 0.333. The standard InChI is InChI=1S/C21H23NO4/c1-4-25-21(24)20-17(14-7-9-16(10-8-14)22(2)3)12-15(13-18(20)23)19-6-5-11-26-19/h5-11,13,17,20H,4,12H2,1-3H3/t17-,20-/m0/s1. The minimum Gasteiger partial charge on any atom is -0.465 e. The molecule has 0 radical (unpaired) electrons. The molecule has 1 aliphatic carbocycles. The van der Waals surface area contributed by atoms with E-state index < -0.39 is 11.9 Å². The number of ether oxygens (including phenoxy) is 1. The lowest BCUT2D eigenvalue weighted by Gasteiger charge is -2.29. The van der Waals surface area contributed by atoms with Gasteiger partial charge in [0.1, 0.15) is 11.7 Å². The lowest BCUT2D eigenvalue weighted by molar-refractivity contribution is -0.151. The van der Waals surface area contributed by atoms with Gasteiger partial charge in [-0.25, -0.2) is 0 Å². The Morgan fingerprint density at radius 1 is 1.23 bits per heavy atom. The third kappa shape index (κ3) is 3.57. The molecule has 0 N–H and O–H groups in total. The summed E-state index contributed by atoms with van der Waals surface area (Å²) in [7, 11) is 3.94. The fourth-order valence-electron chi connectivity index (χ4n) is 3.35. The van der Waals surface area contributed by atoms with Gasteiger partial charge in [0.2, 0.25) is 0 Å². The highest BCUT2D eigenvalue weighted by Crippen LogP contribution is 2.40. The highest BCUT2D eigenvalue weighted by molar-refractivity contribution is 6.10. The van der Waals surface area contributed by atoms with Crippen LogP contribution >= 0.6 is 0 Å². The van der Waals surface area contributed by atoms with Gasteiger partial charge in [0.05, 0.1) is 12.9 Å². The maximum absolute atomic E-state index is 12.7. The molecule has 0 bridgehead atoms. The number of rotatable bonds is 5. The van der Waals surface area contributed by atoms with Crippen LogP contribution < -0.4 is 4.90 Å². The Kier molecular flexibility index (Phi) is 5.26. The molecule has 0 amide bonds. The molecule has 0 fully saturated rings. The van der Waals surface area contributed by atoms with E-state index in [-0.39, 0.29) is 18.3 Å². The number of hydrogen-bond acceptors (Lipinski definition) is 5. The van der Waals surface area contributed by atoms with E-state index in [4.69, 9.17) is 9.15 Å². The zero-order chi connectivity index (χ0) is 18.7. The summed E-state index contributed by atoms with van der Waals surface area (Å²) in [6.45, 7) is 2.00. The van der Waals surface area contributed by atoms with Gasteiger partial charge in [-0.15, -0.1) is 0 Å². The van der Waals surface area contributed by atoms with Crippen LogP contribution in [-0.4, -0.2) is 32.5 Å². The van der Waals surface area contributed by atoms with Crippen LogP contribution in [0.25, 0.3) is 5.57 Å². The molecular weight excluding hydrogens is 330 g/mol. The zero-order valence-electron chi connectivity index (χ0n) is 15.3. The number of esters is 1. The van der Waals surface area contributed by atoms with Gasteiger partial charge in [-0.3, -0.25) is 9.59 Å². The van der Waals surface area contributed by atoms with E-state index in [1.165, 1.54) is 6.08 Å². The van der Waals surface area contributed by atoms with Gasteiger partial charge in [0.25, 0.3) is 0 Å². The number of anilines is 1. The average molecular weight is 353 g/mol. The van der Waals surface area contributed by atoms with Crippen LogP contribution in [0.1, 0.15) is 30.6 Å². The monoisotopic (exact) mass is 353 g/mol. The Morgan fingerprint density at radius 2 is 1.96 bits per heavy atom. The molecule has 2 aromatic rings. The topological polar surface area (TPSA) is 59.8 Å². The van der Waals surface area contributed by atoms with Crippen molar-refractivity contribution in [2.45, 2.75) is 19.3 Å². The Bertz CT molecular complexity index is 803. The van der Waals surface area contributed by atoms with Crippen molar-refractivity contribution in [2.75, 3.05) is 25.6 Å². The summed E-state index contributed by atoms with van der Waals surface area (Å²) in [5.41, 5.74) is 2.81. The number of hydrogen-bond donors (Lipinski definition) is 0. The van der Waals surface area contributed by atoms with E-state index in [9.17, 15) is 9.59 Å². The third-order valence-electron chi connectivity index (χ3n) is 4.68. The Balaban J connectivity index is 1.98. The highest BCUT2D eigenvalue weighted by Gasteiger charge is 2.40. The summed E-state index contributed by atoms with van der Waals surface area (Å²) < 4.78 is 10.6. The number of allylic oxidation sites excluding steroid dienone is 2. The molecule has 3 rings (SSSR count). The molecule has 0 saturated carbocycles. The molecule has 2 atom stereocenters. The first-order valence-corrected chi connectivity index (χ1v) is 8.73. The Hall–Kier alpha value is -2.82. The predicted octanol–water partition coefficient (Wildman–Crippen LogP) is 3.66. The van der Waals surface area contributed by atoms with Gasteiger partial charge < -0.3 is 14.1 Å². The molecule has 1 aromatic carbocycles. The summed E-state index contributed by atoms with van der Waals surface area (Å²) in [5, 5.41) is 0. The smallest absolute Gasteiger partial charge is 0.317 e. The molecule has 26 heavy (non-hydrogen) atoms. The number of carbonyl (C=O) groups excluding carboxylic acids is 2. The van der Waals surface area contributed by atoms with Crippen LogP contribution in [0.2, 0.25) is 0 Å². The summed E-state index contributed by atoms with van der Waals surface area (Å²) in [4.78, 5) is 27.2. The quantitative estimate of drug-likeness (QED) is 0.606. The lowest BCUT2D eigenvalue weighted by Crippen LogP contribution is -2.34. The van der Waals surface area contributed by atoms with Crippen molar-refractivity contribution < 1.29 is 18.7 Å². The molecule has 1 aliphatic rings. The molecule has 1 aromatic heterocycles. The van der Waals surface area contributed by atoms with Crippen molar-refractivity contribution in [3.63, 3.8) is 0 Å². The second kappa shape index (κ2) is 7.60. The molecule has 0 saturated heterocycles. The highest BCUT2D eigenvalue weighted by atomic mass is 16.5. The van der Waals surface area contributed by atoms with Gasteiger partial charge in [0, 0.05) is 25.7 Å². The number of carbonyl (C=O) groups is 2. The minimum absolute atomic E-state index is 0.234. The summed E-state index contributed by atoms with van der Waals surface area (Å²) >= 11 is 0. The van der Waals surface area contributed by atoms with Gasteiger partial charge in [-0.1, -0.05) is 12.1 Å². The van der Waals surface area contributed by atoms with Gasteiger partial charge in [-0.2, -0.15) is 0 Å². The van der Waals surface area contributed by atoms with Crippen LogP contribution in [0.3, 0.4) is 0 Å². The number of ketones is 1. The molecule has 5 nitrogen and oxygen atoms in total. The number of nitrogens with zero attached hydrogens (tertiary/aromatic N) is 1.